The molecule has 0 saturated carbocycles. The molecule has 0 aliphatic carbocycles. The molecule has 1 saturated heterocycles. The van der Waals surface area contributed by atoms with Crippen LogP contribution < -0.4 is 11.4 Å². The Morgan fingerprint density at radius 1 is 1.70 bits per heavy atom. The lowest BCUT2D eigenvalue weighted by Crippen LogP contribution is -2.45. The third-order valence-electron chi connectivity index (χ3n) is 2.90. The van der Waals surface area contributed by atoms with Crippen LogP contribution >= 0.6 is 0 Å². The average Bonchev–Trinajstić information content (AvgIpc) is 2.63. The predicted octanol–water partition coefficient (Wildman–Crippen LogP) is -1.80. The molecule has 0 spiro atoms. The van der Waals surface area contributed by atoms with Gasteiger partial charge in [0.05, 0.1) is 12.8 Å². The first-order chi connectivity index (χ1) is 9.43. The molecule has 4 N–H and O–H groups in total. The molecule has 108 valence electrons. The molecule has 1 fully saturated rings. The smallest absolute Gasteiger partial charge is 0.368 e. The monoisotopic (exact) mass is 284 g/mol. The molecule has 0 aromatic carbocycles. The number of aromatic nitrogens is 3. The third-order valence-corrected chi connectivity index (χ3v) is 2.90. The zero-order chi connectivity index (χ0) is 14.9. The van der Waals surface area contributed by atoms with E-state index >= 15 is 0 Å². The summed E-state index contributed by atoms with van der Waals surface area (Å²) >= 11 is 0. The predicted molar refractivity (Wildman–Crippen MR) is 65.0 cm³/mol. The van der Waals surface area contributed by atoms with Crippen molar-refractivity contribution in [2.75, 3.05) is 12.3 Å². The molecule has 8 nitrogen and oxygen atoms in total. The quantitative estimate of drug-likeness (QED) is 0.547. The number of hydrogen-bond acceptors (Lipinski definition) is 7. The number of aliphatic hydroxyl groups is 2. The first-order valence-corrected chi connectivity index (χ1v) is 5.72. The van der Waals surface area contributed by atoms with Crippen LogP contribution in [0.3, 0.4) is 0 Å². The van der Waals surface area contributed by atoms with E-state index in [0.29, 0.717) is 4.68 Å². The number of halogens is 1. The molecular weight excluding hydrogens is 271 g/mol. The first kappa shape index (κ1) is 14.4. The van der Waals surface area contributed by atoms with Gasteiger partial charge in [-0.3, -0.25) is 0 Å². The fourth-order valence-corrected chi connectivity index (χ4v) is 1.98. The van der Waals surface area contributed by atoms with Crippen molar-refractivity contribution >= 4 is 5.82 Å². The largest absolute Gasteiger partial charge is 0.394 e. The Balaban J connectivity index is 2.52. The number of hydrogen-bond donors (Lipinski definition) is 3. The van der Waals surface area contributed by atoms with Gasteiger partial charge in [0.25, 0.3) is 0 Å². The first-order valence-electron chi connectivity index (χ1n) is 5.72. The van der Waals surface area contributed by atoms with E-state index in [2.05, 4.69) is 21.9 Å². The lowest BCUT2D eigenvalue weighted by molar-refractivity contribution is -0.0610. The van der Waals surface area contributed by atoms with E-state index in [1.165, 1.54) is 6.92 Å². The molecule has 2 rings (SSSR count). The summed E-state index contributed by atoms with van der Waals surface area (Å²) in [4.78, 5) is 15.1. The van der Waals surface area contributed by atoms with E-state index in [1.54, 1.807) is 0 Å². The Hall–Kier alpha value is -2.02. The van der Waals surface area contributed by atoms with E-state index in [-0.39, 0.29) is 5.82 Å². The highest BCUT2D eigenvalue weighted by Crippen LogP contribution is 2.40. The number of nitrogen functional groups attached to an aromatic ring is 1. The number of ether oxygens (including phenoxy) is 1. The third kappa shape index (κ3) is 2.14. The van der Waals surface area contributed by atoms with E-state index < -0.39 is 36.4 Å². The van der Waals surface area contributed by atoms with Crippen molar-refractivity contribution in [1.29, 1.82) is 0 Å². The van der Waals surface area contributed by atoms with Gasteiger partial charge in [-0.2, -0.15) is 14.8 Å². The second-order valence-corrected chi connectivity index (χ2v) is 4.21. The standard InChI is InChI=1S/C11H13FN4O4/c1-2-3-11(12)8(18)6(5-17)20-9(11)16-10(19)15-7(13)4-14-16/h4,6,8-9,17-18H,5H2,1H3,(H2,13,15,19)/t6-,8?,9-,11-/m1/s1. The van der Waals surface area contributed by atoms with Crippen LogP contribution in [0.5, 0.6) is 0 Å². The Morgan fingerprint density at radius 3 is 2.95 bits per heavy atom. The molecule has 20 heavy (non-hydrogen) atoms. The van der Waals surface area contributed by atoms with Crippen molar-refractivity contribution in [1.82, 2.24) is 14.8 Å². The van der Waals surface area contributed by atoms with E-state index in [9.17, 15) is 14.3 Å². The SMILES string of the molecule is CC#C[C@@]1(F)C(O)[C@@H](CO)O[C@H]1n1ncc(N)nc1=O. The van der Waals surface area contributed by atoms with Gasteiger partial charge in [0.1, 0.15) is 18.0 Å². The summed E-state index contributed by atoms with van der Waals surface area (Å²) in [6.45, 7) is 0.737. The zero-order valence-electron chi connectivity index (χ0n) is 10.5. The second-order valence-electron chi connectivity index (χ2n) is 4.21. The molecule has 2 heterocycles. The van der Waals surface area contributed by atoms with Crippen LogP contribution in [-0.2, 0) is 4.74 Å². The fourth-order valence-electron chi connectivity index (χ4n) is 1.98. The van der Waals surface area contributed by atoms with Gasteiger partial charge in [-0.25, -0.2) is 9.18 Å². The number of anilines is 1. The maximum Gasteiger partial charge on any atom is 0.368 e. The van der Waals surface area contributed by atoms with Gasteiger partial charge in [0.2, 0.25) is 11.9 Å². The van der Waals surface area contributed by atoms with Gasteiger partial charge in [0, 0.05) is 0 Å². The molecule has 1 aromatic heterocycles. The highest BCUT2D eigenvalue weighted by molar-refractivity contribution is 5.23. The lowest BCUT2D eigenvalue weighted by atomic mass is 9.97. The maximum atomic E-state index is 14.9. The highest BCUT2D eigenvalue weighted by Gasteiger charge is 2.58. The Kier molecular flexibility index (Phi) is 3.71. The summed E-state index contributed by atoms with van der Waals surface area (Å²) < 4.78 is 20.6. The molecule has 0 amide bonds. The molecule has 1 aliphatic heterocycles. The van der Waals surface area contributed by atoms with Crippen molar-refractivity contribution < 1.29 is 19.3 Å². The van der Waals surface area contributed by atoms with Crippen LogP contribution in [0.15, 0.2) is 11.0 Å². The van der Waals surface area contributed by atoms with Gasteiger partial charge in [-0.15, -0.1) is 5.92 Å². The Bertz CT molecular complexity index is 625. The lowest BCUT2D eigenvalue weighted by Gasteiger charge is -2.22. The number of nitrogens with zero attached hydrogens (tertiary/aromatic N) is 3. The molecular formula is C11H13FN4O4. The molecule has 0 bridgehead atoms. The van der Waals surface area contributed by atoms with Crippen LogP contribution in [0.25, 0.3) is 0 Å². The van der Waals surface area contributed by atoms with Crippen molar-refractivity contribution in [3.8, 4) is 11.8 Å². The zero-order valence-corrected chi connectivity index (χ0v) is 10.5. The summed E-state index contributed by atoms with van der Waals surface area (Å²) in [6.07, 6.45) is -3.53. The van der Waals surface area contributed by atoms with E-state index in [1.807, 2.05) is 0 Å². The van der Waals surface area contributed by atoms with Gasteiger partial charge in [-0.1, -0.05) is 5.92 Å². The minimum Gasteiger partial charge on any atom is -0.394 e. The van der Waals surface area contributed by atoms with Crippen LogP contribution in [-0.4, -0.2) is 49.5 Å². The van der Waals surface area contributed by atoms with E-state index in [4.69, 9.17) is 15.6 Å². The maximum absolute atomic E-state index is 14.9. The van der Waals surface area contributed by atoms with Gasteiger partial charge >= 0.3 is 5.69 Å². The van der Waals surface area contributed by atoms with Crippen LogP contribution in [0.2, 0.25) is 0 Å². The van der Waals surface area contributed by atoms with Crippen molar-refractivity contribution in [2.45, 2.75) is 31.0 Å². The minimum absolute atomic E-state index is 0.130. The van der Waals surface area contributed by atoms with Crippen LogP contribution in [0.1, 0.15) is 13.2 Å². The minimum atomic E-state index is -2.59. The van der Waals surface area contributed by atoms with Gasteiger partial charge in [0.15, 0.2) is 0 Å². The number of aliphatic hydroxyl groups excluding tert-OH is 2. The Morgan fingerprint density at radius 2 is 2.40 bits per heavy atom. The summed E-state index contributed by atoms with van der Waals surface area (Å²) in [5, 5.41) is 22.6. The highest BCUT2D eigenvalue weighted by atomic mass is 19.1. The summed E-state index contributed by atoms with van der Waals surface area (Å²) in [5.74, 6) is 4.35. The van der Waals surface area contributed by atoms with Crippen molar-refractivity contribution in [3.63, 3.8) is 0 Å². The number of rotatable bonds is 2. The number of nitrogens with two attached hydrogens (primary N) is 1. The summed E-state index contributed by atoms with van der Waals surface area (Å²) in [7, 11) is 0. The number of alkyl halides is 1. The summed E-state index contributed by atoms with van der Waals surface area (Å²) in [6, 6.07) is 0. The average molecular weight is 284 g/mol. The van der Waals surface area contributed by atoms with Crippen molar-refractivity contribution in [3.05, 3.63) is 16.7 Å². The Labute approximate surface area is 113 Å². The van der Waals surface area contributed by atoms with Crippen molar-refractivity contribution in [2.24, 2.45) is 0 Å². The summed E-state index contributed by atoms with van der Waals surface area (Å²) in [5.41, 5.74) is 1.76. The van der Waals surface area contributed by atoms with Gasteiger partial charge < -0.3 is 20.7 Å². The molecule has 1 aromatic rings. The molecule has 4 atom stereocenters. The topological polar surface area (TPSA) is 123 Å². The van der Waals surface area contributed by atoms with Crippen LogP contribution in [0, 0.1) is 11.8 Å². The van der Waals surface area contributed by atoms with Crippen LogP contribution in [0.4, 0.5) is 10.2 Å². The van der Waals surface area contributed by atoms with E-state index in [0.717, 1.165) is 6.20 Å². The van der Waals surface area contributed by atoms with Gasteiger partial charge in [-0.05, 0) is 6.92 Å². The fraction of sp³-hybridized carbons (Fsp3) is 0.545. The molecule has 1 unspecified atom stereocenters. The molecule has 0 radical (unpaired) electrons. The molecule has 1 aliphatic rings. The normalized spacial score (nSPS) is 32.7. The second kappa shape index (κ2) is 5.16. The molecule has 9 heteroatoms.